The molecular weight excluding hydrogens is 270 g/mol. The first-order valence-corrected chi connectivity index (χ1v) is 8.19. The van der Waals surface area contributed by atoms with Gasteiger partial charge in [-0.2, -0.15) is 0 Å². The van der Waals surface area contributed by atoms with E-state index in [4.69, 9.17) is 4.42 Å². The lowest BCUT2D eigenvalue weighted by atomic mass is 9.99. The number of piperidine rings is 1. The van der Waals surface area contributed by atoms with Gasteiger partial charge in [0, 0.05) is 5.39 Å². The zero-order valence-electron chi connectivity index (χ0n) is 12.7. The van der Waals surface area contributed by atoms with Crippen LogP contribution in [-0.4, -0.2) is 18.0 Å². The van der Waals surface area contributed by atoms with Gasteiger partial charge in [0.15, 0.2) is 0 Å². The molecule has 2 nitrogen and oxygen atoms in total. The molecule has 1 fully saturated rings. The summed E-state index contributed by atoms with van der Waals surface area (Å²) in [4.78, 5) is 2.57. The fourth-order valence-electron chi connectivity index (χ4n) is 3.50. The van der Waals surface area contributed by atoms with Crippen LogP contribution in [0.1, 0.15) is 36.6 Å². The Balaban J connectivity index is 1.78. The summed E-state index contributed by atoms with van der Waals surface area (Å²) >= 11 is 0. The van der Waals surface area contributed by atoms with Crippen LogP contribution >= 0.6 is 0 Å². The summed E-state index contributed by atoms with van der Waals surface area (Å²) in [5, 5.41) is 1.19. The Morgan fingerprint density at radius 2 is 1.55 bits per heavy atom. The Morgan fingerprint density at radius 3 is 2.32 bits per heavy atom. The Morgan fingerprint density at radius 1 is 0.818 bits per heavy atom. The van der Waals surface area contributed by atoms with Crippen molar-refractivity contribution < 1.29 is 4.42 Å². The molecule has 2 heterocycles. The predicted molar refractivity (Wildman–Crippen MR) is 89.9 cm³/mol. The van der Waals surface area contributed by atoms with Gasteiger partial charge >= 0.3 is 0 Å². The Hall–Kier alpha value is -2.06. The summed E-state index contributed by atoms with van der Waals surface area (Å²) in [7, 11) is 0. The first kappa shape index (κ1) is 13.6. The second-order valence-corrected chi connectivity index (χ2v) is 6.10. The number of rotatable bonds is 3. The predicted octanol–water partition coefficient (Wildman–Crippen LogP) is 5.01. The summed E-state index contributed by atoms with van der Waals surface area (Å²) in [5.74, 6) is 1.06. The van der Waals surface area contributed by atoms with Gasteiger partial charge < -0.3 is 4.42 Å². The molecule has 2 aromatic carbocycles. The van der Waals surface area contributed by atoms with Gasteiger partial charge in [-0.1, -0.05) is 55.0 Å². The van der Waals surface area contributed by atoms with Crippen molar-refractivity contribution in [3.8, 4) is 0 Å². The zero-order valence-corrected chi connectivity index (χ0v) is 12.7. The molecule has 1 aliphatic rings. The van der Waals surface area contributed by atoms with E-state index in [0.29, 0.717) is 0 Å². The molecule has 1 atom stereocenters. The standard InChI is InChI=1S/C20H21NO/c1-3-9-16(10-4-1)20(21-13-7-2-8-14-21)19-15-17-11-5-6-12-18(17)22-19/h1,3-6,9-12,15,20H,2,7-8,13-14H2. The molecule has 0 spiro atoms. The van der Waals surface area contributed by atoms with Gasteiger partial charge in [0.1, 0.15) is 11.3 Å². The Bertz CT molecular complexity index is 708. The number of hydrogen-bond acceptors (Lipinski definition) is 2. The van der Waals surface area contributed by atoms with Crippen LogP contribution in [0.5, 0.6) is 0 Å². The molecule has 0 bridgehead atoms. The van der Waals surface area contributed by atoms with Gasteiger partial charge in [-0.15, -0.1) is 0 Å². The summed E-state index contributed by atoms with van der Waals surface area (Å²) in [6, 6.07) is 21.5. The van der Waals surface area contributed by atoms with Crippen LogP contribution in [0.25, 0.3) is 11.0 Å². The smallest absolute Gasteiger partial charge is 0.134 e. The SMILES string of the molecule is c1ccc(C(c2cc3ccccc3o2)N2CCCCC2)cc1. The second-order valence-electron chi connectivity index (χ2n) is 6.10. The summed E-state index contributed by atoms with van der Waals surface area (Å²) < 4.78 is 6.20. The Labute approximate surface area is 131 Å². The lowest BCUT2D eigenvalue weighted by molar-refractivity contribution is 0.172. The molecule has 1 aromatic heterocycles. The van der Waals surface area contributed by atoms with Crippen molar-refractivity contribution in [2.24, 2.45) is 0 Å². The first-order valence-electron chi connectivity index (χ1n) is 8.19. The molecule has 4 rings (SSSR count). The van der Waals surface area contributed by atoms with Crippen molar-refractivity contribution in [3.05, 3.63) is 72.0 Å². The minimum atomic E-state index is 0.230. The maximum atomic E-state index is 6.20. The normalized spacial score (nSPS) is 17.6. The average Bonchev–Trinajstić information content (AvgIpc) is 3.00. The summed E-state index contributed by atoms with van der Waals surface area (Å²) in [6.07, 6.45) is 3.91. The third kappa shape index (κ3) is 2.55. The topological polar surface area (TPSA) is 16.4 Å². The van der Waals surface area contributed by atoms with Gasteiger partial charge in [0.05, 0.1) is 6.04 Å². The Kier molecular flexibility index (Phi) is 3.69. The second kappa shape index (κ2) is 5.98. The van der Waals surface area contributed by atoms with E-state index in [0.717, 1.165) is 24.4 Å². The monoisotopic (exact) mass is 291 g/mol. The van der Waals surface area contributed by atoms with Gasteiger partial charge in [-0.3, -0.25) is 4.90 Å². The fraction of sp³-hybridized carbons (Fsp3) is 0.300. The molecule has 1 saturated heterocycles. The van der Waals surface area contributed by atoms with E-state index >= 15 is 0 Å². The molecule has 0 amide bonds. The van der Waals surface area contributed by atoms with Gasteiger partial charge in [-0.05, 0) is 43.6 Å². The van der Waals surface area contributed by atoms with Gasteiger partial charge in [0.2, 0.25) is 0 Å². The van der Waals surface area contributed by atoms with E-state index in [9.17, 15) is 0 Å². The van der Waals surface area contributed by atoms with Gasteiger partial charge in [-0.25, -0.2) is 0 Å². The molecular formula is C20H21NO. The van der Waals surface area contributed by atoms with E-state index in [2.05, 4.69) is 59.5 Å². The van der Waals surface area contributed by atoms with Crippen molar-refractivity contribution in [2.75, 3.05) is 13.1 Å². The molecule has 3 aromatic rings. The zero-order chi connectivity index (χ0) is 14.8. The van der Waals surface area contributed by atoms with Crippen LogP contribution in [0.3, 0.4) is 0 Å². The lowest BCUT2D eigenvalue weighted by Gasteiger charge is -2.33. The number of fused-ring (bicyclic) bond motifs is 1. The van der Waals surface area contributed by atoms with Crippen LogP contribution in [0, 0.1) is 0 Å². The highest BCUT2D eigenvalue weighted by molar-refractivity contribution is 5.78. The maximum Gasteiger partial charge on any atom is 0.134 e. The molecule has 0 N–H and O–H groups in total. The van der Waals surface area contributed by atoms with Crippen molar-refractivity contribution in [3.63, 3.8) is 0 Å². The van der Waals surface area contributed by atoms with E-state index < -0.39 is 0 Å². The number of para-hydroxylation sites is 1. The number of nitrogens with zero attached hydrogens (tertiary/aromatic N) is 1. The third-order valence-electron chi connectivity index (χ3n) is 4.59. The van der Waals surface area contributed by atoms with Crippen LogP contribution in [0.15, 0.2) is 65.1 Å². The average molecular weight is 291 g/mol. The lowest BCUT2D eigenvalue weighted by Crippen LogP contribution is -2.34. The molecule has 2 heteroatoms. The molecule has 1 aliphatic heterocycles. The van der Waals surface area contributed by atoms with E-state index in [-0.39, 0.29) is 6.04 Å². The largest absolute Gasteiger partial charge is 0.459 e. The fourth-order valence-corrected chi connectivity index (χ4v) is 3.50. The minimum absolute atomic E-state index is 0.230. The van der Waals surface area contributed by atoms with Gasteiger partial charge in [0.25, 0.3) is 0 Å². The molecule has 0 aliphatic carbocycles. The molecule has 0 radical (unpaired) electrons. The van der Waals surface area contributed by atoms with E-state index in [1.165, 1.54) is 30.2 Å². The van der Waals surface area contributed by atoms with Crippen LogP contribution in [0.4, 0.5) is 0 Å². The number of hydrogen-bond donors (Lipinski definition) is 0. The van der Waals surface area contributed by atoms with E-state index in [1.54, 1.807) is 0 Å². The number of benzene rings is 2. The molecule has 22 heavy (non-hydrogen) atoms. The first-order chi connectivity index (χ1) is 10.9. The molecule has 112 valence electrons. The highest BCUT2D eigenvalue weighted by atomic mass is 16.3. The van der Waals surface area contributed by atoms with Crippen LogP contribution in [0.2, 0.25) is 0 Å². The maximum absolute atomic E-state index is 6.20. The van der Waals surface area contributed by atoms with Crippen molar-refractivity contribution in [1.82, 2.24) is 4.90 Å². The van der Waals surface area contributed by atoms with Crippen molar-refractivity contribution in [1.29, 1.82) is 0 Å². The molecule has 0 saturated carbocycles. The van der Waals surface area contributed by atoms with Crippen LogP contribution < -0.4 is 0 Å². The van der Waals surface area contributed by atoms with Crippen molar-refractivity contribution in [2.45, 2.75) is 25.3 Å². The van der Waals surface area contributed by atoms with E-state index in [1.807, 2.05) is 6.07 Å². The quantitative estimate of drug-likeness (QED) is 0.674. The minimum Gasteiger partial charge on any atom is -0.459 e. The molecule has 1 unspecified atom stereocenters. The summed E-state index contributed by atoms with van der Waals surface area (Å²) in [6.45, 7) is 2.30. The number of furan rings is 1. The number of likely N-dealkylation sites (tertiary alicyclic amines) is 1. The summed E-state index contributed by atoms with van der Waals surface area (Å²) in [5.41, 5.74) is 2.30. The van der Waals surface area contributed by atoms with Crippen LogP contribution in [-0.2, 0) is 0 Å². The highest BCUT2D eigenvalue weighted by Gasteiger charge is 2.26. The third-order valence-corrected chi connectivity index (χ3v) is 4.59. The highest BCUT2D eigenvalue weighted by Crippen LogP contribution is 2.34. The van der Waals surface area contributed by atoms with Crippen molar-refractivity contribution >= 4 is 11.0 Å².